The first-order valence-corrected chi connectivity index (χ1v) is 4.77. The quantitative estimate of drug-likeness (QED) is 0.844. The summed E-state index contributed by atoms with van der Waals surface area (Å²) in [6, 6.07) is 2.86. The van der Waals surface area contributed by atoms with Gasteiger partial charge in [-0.05, 0) is 30.0 Å². The van der Waals surface area contributed by atoms with Crippen LogP contribution in [0.4, 0.5) is 13.2 Å². The Bertz CT molecular complexity index is 397. The molecule has 1 rings (SSSR count). The van der Waals surface area contributed by atoms with Crippen LogP contribution in [-0.4, -0.2) is 16.3 Å². The highest BCUT2D eigenvalue weighted by Gasteiger charge is 2.40. The van der Waals surface area contributed by atoms with Gasteiger partial charge in [0.15, 0.2) is 0 Å². The standard InChI is InChI=1S/C8H4ClF3O2S/c9-5-3-4(1-2-6(5)10)15-8(11,12)7(13)14/h1-3H,(H,13,14). The van der Waals surface area contributed by atoms with Crippen molar-refractivity contribution in [2.75, 3.05) is 0 Å². The van der Waals surface area contributed by atoms with E-state index in [1.807, 2.05) is 0 Å². The molecule has 1 aromatic carbocycles. The molecule has 2 nitrogen and oxygen atoms in total. The van der Waals surface area contributed by atoms with E-state index in [1.165, 1.54) is 0 Å². The number of benzene rings is 1. The Labute approximate surface area is 92.0 Å². The Morgan fingerprint density at radius 3 is 2.53 bits per heavy atom. The van der Waals surface area contributed by atoms with Crippen molar-refractivity contribution in [3.05, 3.63) is 29.0 Å². The molecule has 0 amide bonds. The SMILES string of the molecule is O=C(O)C(F)(F)Sc1ccc(F)c(Cl)c1. The van der Waals surface area contributed by atoms with Crippen LogP contribution in [-0.2, 0) is 4.79 Å². The number of carboxylic acids is 1. The Hall–Kier alpha value is -0.880. The molecule has 0 spiro atoms. The van der Waals surface area contributed by atoms with Gasteiger partial charge in [-0.15, -0.1) is 0 Å². The number of alkyl halides is 2. The lowest BCUT2D eigenvalue weighted by Crippen LogP contribution is -2.23. The van der Waals surface area contributed by atoms with Crippen molar-refractivity contribution < 1.29 is 23.1 Å². The summed E-state index contributed by atoms with van der Waals surface area (Å²) in [5, 5.41) is 3.86. The fraction of sp³-hybridized carbons (Fsp3) is 0.125. The number of thioether (sulfide) groups is 1. The van der Waals surface area contributed by atoms with Crippen molar-refractivity contribution in [1.29, 1.82) is 0 Å². The third-order valence-corrected chi connectivity index (χ3v) is 2.60. The van der Waals surface area contributed by atoms with Crippen molar-refractivity contribution in [2.24, 2.45) is 0 Å². The molecule has 0 unspecified atom stereocenters. The van der Waals surface area contributed by atoms with E-state index in [2.05, 4.69) is 0 Å². The highest BCUT2D eigenvalue weighted by Crippen LogP contribution is 2.37. The van der Waals surface area contributed by atoms with Crippen LogP contribution in [0.1, 0.15) is 0 Å². The van der Waals surface area contributed by atoms with Crippen molar-refractivity contribution in [3.63, 3.8) is 0 Å². The van der Waals surface area contributed by atoms with Gasteiger partial charge in [0.1, 0.15) is 5.82 Å². The summed E-state index contributed by atoms with van der Waals surface area (Å²) < 4.78 is 38.0. The van der Waals surface area contributed by atoms with E-state index in [0.717, 1.165) is 18.2 Å². The van der Waals surface area contributed by atoms with E-state index in [0.29, 0.717) is 0 Å². The lowest BCUT2D eigenvalue weighted by atomic mass is 10.3. The molecule has 0 saturated heterocycles. The molecule has 7 heteroatoms. The number of carboxylic acid groups (broad SMARTS) is 1. The number of hydrogen-bond donors (Lipinski definition) is 1. The van der Waals surface area contributed by atoms with Gasteiger partial charge < -0.3 is 5.11 Å². The topological polar surface area (TPSA) is 37.3 Å². The zero-order valence-corrected chi connectivity index (χ0v) is 8.58. The predicted octanol–water partition coefficient (Wildman–Crippen LogP) is 3.25. The number of halogens is 4. The van der Waals surface area contributed by atoms with E-state index in [4.69, 9.17) is 16.7 Å². The molecule has 0 radical (unpaired) electrons. The molecule has 0 aliphatic carbocycles. The highest BCUT2D eigenvalue weighted by molar-refractivity contribution is 8.01. The molecule has 0 aliphatic heterocycles. The second-order valence-corrected chi connectivity index (χ2v) is 4.10. The van der Waals surface area contributed by atoms with Gasteiger partial charge in [-0.3, -0.25) is 0 Å². The molecule has 1 aromatic rings. The second-order valence-electron chi connectivity index (χ2n) is 2.50. The molecular weight excluding hydrogens is 253 g/mol. The normalized spacial score (nSPS) is 11.5. The second kappa shape index (κ2) is 4.32. The molecule has 1 N–H and O–H groups in total. The smallest absolute Gasteiger partial charge is 0.393 e. The van der Waals surface area contributed by atoms with Gasteiger partial charge in [-0.2, -0.15) is 8.78 Å². The number of hydrogen-bond acceptors (Lipinski definition) is 2. The fourth-order valence-electron chi connectivity index (χ4n) is 0.732. The molecule has 0 bridgehead atoms. The maximum atomic E-state index is 12.7. The molecular formula is C8H4ClF3O2S. The van der Waals surface area contributed by atoms with Gasteiger partial charge in [-0.1, -0.05) is 11.6 Å². The van der Waals surface area contributed by atoms with E-state index < -0.39 is 17.0 Å². The van der Waals surface area contributed by atoms with Gasteiger partial charge in [0, 0.05) is 4.90 Å². The third kappa shape index (κ3) is 3.04. The van der Waals surface area contributed by atoms with Gasteiger partial charge in [-0.25, -0.2) is 9.18 Å². The van der Waals surface area contributed by atoms with E-state index >= 15 is 0 Å². The minimum atomic E-state index is -3.96. The Morgan fingerprint density at radius 1 is 1.47 bits per heavy atom. The fourth-order valence-corrected chi connectivity index (χ4v) is 1.67. The summed E-state index contributed by atoms with van der Waals surface area (Å²) in [6.07, 6.45) is 0. The highest BCUT2D eigenvalue weighted by atomic mass is 35.5. The average Bonchev–Trinajstić information content (AvgIpc) is 2.10. The first-order valence-electron chi connectivity index (χ1n) is 3.58. The van der Waals surface area contributed by atoms with Gasteiger partial charge in [0.2, 0.25) is 0 Å². The minimum Gasteiger partial charge on any atom is -0.476 e. The summed E-state index contributed by atoms with van der Waals surface area (Å²) in [6.45, 7) is 0. The van der Waals surface area contributed by atoms with Gasteiger partial charge in [0.05, 0.1) is 5.02 Å². The molecule has 0 heterocycles. The Kier molecular flexibility index (Phi) is 3.51. The zero-order chi connectivity index (χ0) is 11.6. The molecule has 0 atom stereocenters. The largest absolute Gasteiger partial charge is 0.476 e. The van der Waals surface area contributed by atoms with Crippen molar-refractivity contribution in [2.45, 2.75) is 10.2 Å². The van der Waals surface area contributed by atoms with Crippen LogP contribution < -0.4 is 0 Å². The maximum Gasteiger partial charge on any atom is 0.393 e. The first-order chi connectivity index (χ1) is 6.83. The monoisotopic (exact) mass is 256 g/mol. The van der Waals surface area contributed by atoms with Crippen molar-refractivity contribution >= 4 is 29.3 Å². The van der Waals surface area contributed by atoms with Gasteiger partial charge >= 0.3 is 11.2 Å². The zero-order valence-electron chi connectivity index (χ0n) is 7.01. The molecule has 0 aliphatic rings. The maximum absolute atomic E-state index is 12.7. The molecule has 15 heavy (non-hydrogen) atoms. The number of rotatable bonds is 3. The van der Waals surface area contributed by atoms with Crippen LogP contribution in [0.5, 0.6) is 0 Å². The van der Waals surface area contributed by atoms with Crippen LogP contribution in [0, 0.1) is 5.82 Å². The van der Waals surface area contributed by atoms with Crippen molar-refractivity contribution in [3.8, 4) is 0 Å². The lowest BCUT2D eigenvalue weighted by molar-refractivity contribution is -0.152. The molecule has 0 aromatic heterocycles. The van der Waals surface area contributed by atoms with Crippen LogP contribution in [0.25, 0.3) is 0 Å². The molecule has 82 valence electrons. The molecule has 0 saturated carbocycles. The number of aliphatic carboxylic acids is 1. The summed E-state index contributed by atoms with van der Waals surface area (Å²) in [4.78, 5) is 9.98. The number of carbonyl (C=O) groups is 1. The van der Waals surface area contributed by atoms with E-state index in [9.17, 15) is 18.0 Å². The van der Waals surface area contributed by atoms with Crippen LogP contribution in [0.3, 0.4) is 0 Å². The predicted molar refractivity (Wildman–Crippen MR) is 49.8 cm³/mol. The van der Waals surface area contributed by atoms with Crippen LogP contribution in [0.2, 0.25) is 5.02 Å². The lowest BCUT2D eigenvalue weighted by Gasteiger charge is -2.10. The Morgan fingerprint density at radius 2 is 2.07 bits per heavy atom. The van der Waals surface area contributed by atoms with E-state index in [-0.39, 0.29) is 21.7 Å². The summed E-state index contributed by atoms with van der Waals surface area (Å²) >= 11 is 5.13. The Balaban J connectivity index is 2.91. The van der Waals surface area contributed by atoms with Gasteiger partial charge in [0.25, 0.3) is 0 Å². The molecule has 0 fully saturated rings. The minimum absolute atomic E-state index is 0.117. The summed E-state index contributed by atoms with van der Waals surface area (Å²) in [5.74, 6) is -3.01. The summed E-state index contributed by atoms with van der Waals surface area (Å²) in [5.41, 5.74) is 0. The average molecular weight is 257 g/mol. The summed E-state index contributed by atoms with van der Waals surface area (Å²) in [7, 11) is 0. The van der Waals surface area contributed by atoms with E-state index in [1.54, 1.807) is 0 Å². The first kappa shape index (κ1) is 12.2. The van der Waals surface area contributed by atoms with Crippen LogP contribution >= 0.6 is 23.4 Å². The van der Waals surface area contributed by atoms with Crippen LogP contribution in [0.15, 0.2) is 23.1 Å². The van der Waals surface area contributed by atoms with Crippen molar-refractivity contribution in [1.82, 2.24) is 0 Å². The third-order valence-electron chi connectivity index (χ3n) is 1.39.